The van der Waals surface area contributed by atoms with Gasteiger partial charge in [0.2, 0.25) is 0 Å². The molecule has 2 aliphatic carbocycles. The molecule has 1 atom stereocenters. The Kier molecular flexibility index (Phi) is 20.5. The van der Waals surface area contributed by atoms with Crippen molar-refractivity contribution in [3.63, 3.8) is 0 Å². The van der Waals surface area contributed by atoms with Gasteiger partial charge in [0.05, 0.1) is 29.6 Å². The lowest BCUT2D eigenvalue weighted by Crippen LogP contribution is -2.36. The van der Waals surface area contributed by atoms with Crippen LogP contribution < -0.4 is 16.2 Å². The Hall–Kier alpha value is -4.17. The van der Waals surface area contributed by atoms with E-state index >= 15 is 0 Å². The van der Waals surface area contributed by atoms with Crippen molar-refractivity contribution in [1.29, 1.82) is 0 Å². The number of benzene rings is 4. The maximum atomic E-state index is 13.5. The fourth-order valence-corrected chi connectivity index (χ4v) is 9.27. The van der Waals surface area contributed by atoms with Gasteiger partial charge in [-0.05, 0) is 129 Å². The topological polar surface area (TPSA) is 147 Å². The SMILES string of the molecule is C.CCN(Cc1cc(C(=O)OCC(COC(C)=O)OC(=O)c2cc(Br)c(N)c(CN(CC)C3CCCCC3)c2)cc(Br)c1N)C1CCCCC1.COc1ccc2ccccc2c1. The molecule has 6 rings (SSSR count). The minimum Gasteiger partial charge on any atom is -0.497 e. The molecule has 62 heavy (non-hydrogen) atoms. The van der Waals surface area contributed by atoms with Gasteiger partial charge >= 0.3 is 17.9 Å². The van der Waals surface area contributed by atoms with E-state index in [0.29, 0.717) is 56.6 Å². The summed E-state index contributed by atoms with van der Waals surface area (Å²) in [6.45, 7) is 7.94. The maximum Gasteiger partial charge on any atom is 0.338 e. The average molecular weight is 983 g/mol. The molecule has 4 aromatic carbocycles. The van der Waals surface area contributed by atoms with E-state index in [-0.39, 0.29) is 20.6 Å². The number of anilines is 2. The molecular formula is C49H66Br2N4O7. The third-order valence-corrected chi connectivity index (χ3v) is 13.1. The van der Waals surface area contributed by atoms with Crippen LogP contribution in [-0.2, 0) is 32.1 Å². The Morgan fingerprint density at radius 3 is 1.65 bits per heavy atom. The first-order valence-corrected chi connectivity index (χ1v) is 23.2. The highest BCUT2D eigenvalue weighted by molar-refractivity contribution is 9.11. The number of hydrogen-bond acceptors (Lipinski definition) is 11. The second-order valence-electron chi connectivity index (χ2n) is 15.9. The third-order valence-electron chi connectivity index (χ3n) is 11.7. The van der Waals surface area contributed by atoms with Gasteiger partial charge in [0, 0.05) is 41.0 Å². The number of hydrogen-bond donors (Lipinski definition) is 2. The van der Waals surface area contributed by atoms with Gasteiger partial charge in [-0.15, -0.1) is 0 Å². The predicted octanol–water partition coefficient (Wildman–Crippen LogP) is 11.1. The van der Waals surface area contributed by atoms with E-state index in [1.165, 1.54) is 56.2 Å². The summed E-state index contributed by atoms with van der Waals surface area (Å²) in [6, 6.07) is 22.1. The molecule has 0 radical (unpaired) electrons. The average Bonchev–Trinajstić information content (AvgIpc) is 3.28. The van der Waals surface area contributed by atoms with Crippen LogP contribution in [0.2, 0.25) is 0 Å². The van der Waals surface area contributed by atoms with E-state index in [1.54, 1.807) is 31.4 Å². The van der Waals surface area contributed by atoms with Gasteiger partial charge < -0.3 is 30.4 Å². The molecule has 1 unspecified atom stereocenters. The van der Waals surface area contributed by atoms with E-state index in [2.05, 4.69) is 73.7 Å². The second kappa shape index (κ2) is 25.2. The molecule has 4 N–H and O–H groups in total. The lowest BCUT2D eigenvalue weighted by Gasteiger charge is -2.34. The van der Waals surface area contributed by atoms with E-state index in [4.69, 9.17) is 30.4 Å². The summed E-state index contributed by atoms with van der Waals surface area (Å²) in [5.41, 5.74) is 16.3. The lowest BCUT2D eigenvalue weighted by molar-refractivity contribution is -0.144. The Balaban J connectivity index is 0.000000554. The minimum atomic E-state index is -1.03. The smallest absolute Gasteiger partial charge is 0.338 e. The number of nitrogen functional groups attached to an aromatic ring is 2. The minimum absolute atomic E-state index is 0. The van der Waals surface area contributed by atoms with Crippen LogP contribution >= 0.6 is 31.9 Å². The van der Waals surface area contributed by atoms with Crippen LogP contribution in [0, 0.1) is 0 Å². The highest BCUT2D eigenvalue weighted by atomic mass is 79.9. The van der Waals surface area contributed by atoms with Gasteiger partial charge in [-0.2, -0.15) is 0 Å². The molecule has 2 saturated carbocycles. The zero-order valence-corrected chi connectivity index (χ0v) is 39.2. The van der Waals surface area contributed by atoms with Crippen LogP contribution in [0.4, 0.5) is 11.4 Å². The van der Waals surface area contributed by atoms with Gasteiger partial charge in [0.1, 0.15) is 19.0 Å². The van der Waals surface area contributed by atoms with Gasteiger partial charge in [0.15, 0.2) is 6.10 Å². The zero-order valence-electron chi connectivity index (χ0n) is 36.1. The van der Waals surface area contributed by atoms with E-state index < -0.39 is 24.0 Å². The zero-order chi connectivity index (χ0) is 43.9. The Morgan fingerprint density at radius 2 is 1.16 bits per heavy atom. The number of ether oxygens (including phenoxy) is 4. The molecule has 0 spiro atoms. The standard InChI is InChI=1S/C37H52Br2N4O6.C11H10O.CH4/c1-4-42(29-12-8-6-9-13-29)20-27-16-25(18-32(38)34(27)40)36(45)48-23-31(22-47-24(3)44)49-37(46)26-17-28(35(41)33(39)19-26)21-43(5-2)30-14-10-7-11-15-30;1-12-11-7-6-9-4-2-3-5-10(9)8-11;/h16-19,29-31H,4-15,20-23,40-41H2,1-3H3;2-8H,1H3;1H4. The lowest BCUT2D eigenvalue weighted by atomic mass is 9.93. The Morgan fingerprint density at radius 1 is 0.677 bits per heavy atom. The third kappa shape index (κ3) is 14.4. The molecule has 2 aliphatic rings. The van der Waals surface area contributed by atoms with Crippen molar-refractivity contribution >= 4 is 71.9 Å². The fraction of sp³-hybridized carbons (Fsp3) is 0.490. The molecule has 0 amide bonds. The number of nitrogens with two attached hydrogens (primary N) is 2. The van der Waals surface area contributed by atoms with E-state index in [0.717, 1.165) is 55.6 Å². The van der Waals surface area contributed by atoms with Crippen molar-refractivity contribution in [2.75, 3.05) is 44.9 Å². The van der Waals surface area contributed by atoms with Crippen LogP contribution in [0.25, 0.3) is 10.8 Å². The van der Waals surface area contributed by atoms with Crippen molar-refractivity contribution in [1.82, 2.24) is 9.80 Å². The van der Waals surface area contributed by atoms with E-state index in [1.807, 2.05) is 24.3 Å². The first-order chi connectivity index (χ1) is 29.4. The quantitative estimate of drug-likeness (QED) is 0.0628. The van der Waals surface area contributed by atoms with Crippen molar-refractivity contribution < 1.29 is 33.3 Å². The van der Waals surface area contributed by atoms with Crippen LogP contribution in [0.5, 0.6) is 5.75 Å². The van der Waals surface area contributed by atoms with E-state index in [9.17, 15) is 14.4 Å². The van der Waals surface area contributed by atoms with Gasteiger partial charge in [-0.25, -0.2) is 9.59 Å². The second-order valence-corrected chi connectivity index (χ2v) is 17.6. The van der Waals surface area contributed by atoms with Crippen LogP contribution in [0.1, 0.15) is 124 Å². The molecule has 0 saturated heterocycles. The molecule has 0 aromatic heterocycles. The van der Waals surface area contributed by atoms with Gasteiger partial charge in [0.25, 0.3) is 0 Å². The number of rotatable bonds is 16. The molecule has 2 fully saturated rings. The van der Waals surface area contributed by atoms with Crippen molar-refractivity contribution in [2.24, 2.45) is 0 Å². The Bertz CT molecular complexity index is 2090. The number of halogens is 2. The molecule has 0 heterocycles. The van der Waals surface area contributed by atoms with Gasteiger partial charge in [-0.3, -0.25) is 14.6 Å². The first-order valence-electron chi connectivity index (χ1n) is 21.6. The number of carbonyl (C=O) groups is 3. The molecule has 11 nitrogen and oxygen atoms in total. The van der Waals surface area contributed by atoms with Crippen molar-refractivity contribution in [2.45, 2.75) is 124 Å². The Labute approximate surface area is 385 Å². The van der Waals surface area contributed by atoms with Gasteiger partial charge in [-0.1, -0.05) is 90.1 Å². The highest BCUT2D eigenvalue weighted by Gasteiger charge is 2.26. The number of nitrogens with zero attached hydrogens (tertiary/aromatic N) is 2. The summed E-state index contributed by atoms with van der Waals surface area (Å²) in [6.07, 6.45) is 11.0. The monoisotopic (exact) mass is 980 g/mol. The largest absolute Gasteiger partial charge is 0.497 e. The number of methoxy groups -OCH3 is 1. The number of esters is 3. The molecule has 4 aromatic rings. The molecular weight excluding hydrogens is 916 g/mol. The number of fused-ring (bicyclic) bond motifs is 1. The fourth-order valence-electron chi connectivity index (χ4n) is 8.27. The molecule has 0 aliphatic heterocycles. The number of carbonyl (C=O) groups excluding carboxylic acids is 3. The normalized spacial score (nSPS) is 15.0. The molecule has 13 heteroatoms. The van der Waals surface area contributed by atoms with Crippen molar-refractivity contribution in [3.8, 4) is 5.75 Å². The van der Waals surface area contributed by atoms with Crippen LogP contribution in [0.15, 0.2) is 75.7 Å². The molecule has 338 valence electrons. The summed E-state index contributed by atoms with van der Waals surface area (Å²) >= 11 is 7.03. The summed E-state index contributed by atoms with van der Waals surface area (Å²) in [7, 11) is 1.68. The first kappa shape index (κ1) is 50.5. The predicted molar refractivity (Wildman–Crippen MR) is 256 cm³/mol. The summed E-state index contributed by atoms with van der Waals surface area (Å²) in [4.78, 5) is 43.3. The summed E-state index contributed by atoms with van der Waals surface area (Å²) in [5, 5.41) is 2.47. The molecule has 0 bridgehead atoms. The maximum absolute atomic E-state index is 13.5. The summed E-state index contributed by atoms with van der Waals surface area (Å²) in [5.74, 6) is -0.881. The van der Waals surface area contributed by atoms with Crippen molar-refractivity contribution in [3.05, 3.63) is 97.9 Å². The van der Waals surface area contributed by atoms with Crippen LogP contribution in [0.3, 0.4) is 0 Å². The highest BCUT2D eigenvalue weighted by Crippen LogP contribution is 2.32. The summed E-state index contributed by atoms with van der Waals surface area (Å²) < 4.78 is 22.9. The van der Waals surface area contributed by atoms with Crippen LogP contribution in [-0.4, -0.2) is 79.3 Å².